The highest BCUT2D eigenvalue weighted by Crippen LogP contribution is 2.54. The molecule has 2 aromatic rings. The van der Waals surface area contributed by atoms with Crippen molar-refractivity contribution >= 4 is 17.5 Å². The number of benzene rings is 2. The topological polar surface area (TPSA) is 77.1 Å². The number of ether oxygens (including phenoxy) is 3. The van der Waals surface area contributed by atoms with Gasteiger partial charge in [0.1, 0.15) is 24.3 Å². The molecule has 172 valence electrons. The lowest BCUT2D eigenvalue weighted by Crippen LogP contribution is -2.48. The minimum absolute atomic E-state index is 0.00541. The number of carbonyl (C=O) groups excluding carboxylic acids is 2. The van der Waals surface area contributed by atoms with Crippen LogP contribution >= 0.6 is 0 Å². The van der Waals surface area contributed by atoms with Crippen LogP contribution in [0.2, 0.25) is 0 Å². The van der Waals surface area contributed by atoms with E-state index >= 15 is 0 Å². The van der Waals surface area contributed by atoms with Crippen molar-refractivity contribution in [1.29, 1.82) is 0 Å². The van der Waals surface area contributed by atoms with Gasteiger partial charge in [0.25, 0.3) is 0 Å². The predicted molar refractivity (Wildman–Crippen MR) is 122 cm³/mol. The summed E-state index contributed by atoms with van der Waals surface area (Å²) in [5.74, 6) is 2.11. The third-order valence-electron chi connectivity index (χ3n) is 7.69. The van der Waals surface area contributed by atoms with Crippen LogP contribution in [-0.2, 0) is 15.0 Å². The predicted octanol–water partition coefficient (Wildman–Crippen LogP) is 3.53. The zero-order chi connectivity index (χ0) is 22.6. The highest BCUT2D eigenvalue weighted by atomic mass is 16.7. The van der Waals surface area contributed by atoms with E-state index in [1.165, 1.54) is 19.3 Å². The van der Waals surface area contributed by atoms with E-state index in [2.05, 4.69) is 12.2 Å². The van der Waals surface area contributed by atoms with Crippen molar-refractivity contribution in [2.45, 2.75) is 50.5 Å². The summed E-state index contributed by atoms with van der Waals surface area (Å²) in [5.41, 5.74) is 1.41. The van der Waals surface area contributed by atoms with Crippen molar-refractivity contribution < 1.29 is 23.8 Å². The molecular weight excluding hydrogens is 420 g/mol. The molecule has 7 heteroatoms. The molecule has 2 atom stereocenters. The Balaban J connectivity index is 1.30. The fraction of sp³-hybridized carbons (Fsp3) is 0.462. The van der Waals surface area contributed by atoms with Gasteiger partial charge in [0.2, 0.25) is 18.6 Å². The Bertz CT molecular complexity index is 1130. The molecule has 2 aromatic carbocycles. The first-order valence-corrected chi connectivity index (χ1v) is 11.9. The van der Waals surface area contributed by atoms with Gasteiger partial charge in [0, 0.05) is 23.4 Å². The summed E-state index contributed by atoms with van der Waals surface area (Å²) in [6.45, 7) is 2.42. The van der Waals surface area contributed by atoms with Crippen LogP contribution in [-0.4, -0.2) is 37.8 Å². The minimum Gasteiger partial charge on any atom is -0.491 e. The van der Waals surface area contributed by atoms with E-state index in [0.717, 1.165) is 29.7 Å². The first-order chi connectivity index (χ1) is 16.1. The number of nitrogens with one attached hydrogen (secondary N) is 1. The Kier molecular flexibility index (Phi) is 4.75. The Hall–Kier alpha value is -3.22. The van der Waals surface area contributed by atoms with Gasteiger partial charge < -0.3 is 24.4 Å². The molecule has 7 nitrogen and oxygen atoms in total. The maximum Gasteiger partial charge on any atom is 0.246 e. The third-order valence-corrected chi connectivity index (χ3v) is 7.69. The van der Waals surface area contributed by atoms with E-state index < -0.39 is 5.41 Å². The Labute approximate surface area is 193 Å². The van der Waals surface area contributed by atoms with Gasteiger partial charge >= 0.3 is 0 Å². The van der Waals surface area contributed by atoms with E-state index in [1.54, 1.807) is 11.0 Å². The van der Waals surface area contributed by atoms with Crippen LogP contribution in [0, 0.1) is 5.92 Å². The monoisotopic (exact) mass is 448 g/mol. The number of rotatable bonds is 4. The summed E-state index contributed by atoms with van der Waals surface area (Å²) in [4.78, 5) is 28.6. The second-order valence-electron chi connectivity index (χ2n) is 9.56. The fourth-order valence-electron chi connectivity index (χ4n) is 5.92. The molecule has 1 N–H and O–H groups in total. The second kappa shape index (κ2) is 7.68. The fourth-order valence-corrected chi connectivity index (χ4v) is 5.92. The van der Waals surface area contributed by atoms with Crippen LogP contribution in [0.25, 0.3) is 0 Å². The van der Waals surface area contributed by atoms with Gasteiger partial charge in [-0.2, -0.15) is 0 Å². The molecule has 1 spiro atoms. The number of hydrogen-bond donors (Lipinski definition) is 1. The summed E-state index contributed by atoms with van der Waals surface area (Å²) in [5, 5.41) is 3.16. The van der Waals surface area contributed by atoms with Gasteiger partial charge in [0.15, 0.2) is 11.5 Å². The standard InChI is InChI=1S/C26H28N2O5/c1-16(17-7-3-2-4-8-17)27-24(29)13-28-20-10-6-5-9-18(20)26(25(28)30)14-31-21-12-23-22(11-19(21)26)32-15-33-23/h5-6,9-12,16-17H,2-4,7-8,13-15H2,1H3,(H,27,29)/t16-,26?/m1/s1. The van der Waals surface area contributed by atoms with Crippen molar-refractivity contribution in [2.24, 2.45) is 5.92 Å². The van der Waals surface area contributed by atoms with E-state index in [1.807, 2.05) is 30.3 Å². The Morgan fingerprint density at radius 2 is 1.82 bits per heavy atom. The third kappa shape index (κ3) is 3.09. The molecule has 1 saturated carbocycles. The van der Waals surface area contributed by atoms with E-state index in [4.69, 9.17) is 14.2 Å². The molecular formula is C26H28N2O5. The molecule has 1 aliphatic carbocycles. The maximum atomic E-state index is 14.0. The molecule has 1 fully saturated rings. The number of nitrogens with zero attached hydrogens (tertiary/aromatic N) is 1. The lowest BCUT2D eigenvalue weighted by molar-refractivity contribution is -0.126. The van der Waals surface area contributed by atoms with E-state index in [0.29, 0.717) is 23.2 Å². The minimum atomic E-state index is -0.984. The zero-order valence-corrected chi connectivity index (χ0v) is 18.8. The summed E-state index contributed by atoms with van der Waals surface area (Å²) in [7, 11) is 0. The SMILES string of the molecule is C[C@@H](NC(=O)CN1C(=O)C2(COc3cc4c(cc32)OCO4)c2ccccc21)C1CCCCC1. The Morgan fingerprint density at radius 1 is 1.06 bits per heavy atom. The molecule has 0 saturated heterocycles. The summed E-state index contributed by atoms with van der Waals surface area (Å²) < 4.78 is 17.1. The summed E-state index contributed by atoms with van der Waals surface area (Å²) >= 11 is 0. The molecule has 3 heterocycles. The Morgan fingerprint density at radius 3 is 2.64 bits per heavy atom. The van der Waals surface area contributed by atoms with Gasteiger partial charge in [-0.15, -0.1) is 0 Å². The van der Waals surface area contributed by atoms with Gasteiger partial charge in [-0.1, -0.05) is 37.5 Å². The van der Waals surface area contributed by atoms with Crippen molar-refractivity contribution in [3.8, 4) is 17.2 Å². The van der Waals surface area contributed by atoms with Crippen molar-refractivity contribution in [1.82, 2.24) is 5.32 Å². The van der Waals surface area contributed by atoms with Crippen LogP contribution in [0.4, 0.5) is 5.69 Å². The summed E-state index contributed by atoms with van der Waals surface area (Å²) in [6, 6.07) is 11.4. The van der Waals surface area contributed by atoms with Crippen LogP contribution in [0.15, 0.2) is 36.4 Å². The first-order valence-electron chi connectivity index (χ1n) is 11.9. The first kappa shape index (κ1) is 20.4. The van der Waals surface area contributed by atoms with Gasteiger partial charge in [-0.25, -0.2) is 0 Å². The van der Waals surface area contributed by atoms with Crippen molar-refractivity contribution in [3.05, 3.63) is 47.5 Å². The number of amides is 2. The lowest BCUT2D eigenvalue weighted by Gasteiger charge is -2.29. The molecule has 1 unspecified atom stereocenters. The molecule has 6 rings (SSSR count). The van der Waals surface area contributed by atoms with Crippen molar-refractivity contribution in [3.63, 3.8) is 0 Å². The smallest absolute Gasteiger partial charge is 0.246 e. The number of hydrogen-bond acceptors (Lipinski definition) is 5. The molecule has 3 aliphatic heterocycles. The molecule has 0 aromatic heterocycles. The number of fused-ring (bicyclic) bond motifs is 5. The molecule has 0 bridgehead atoms. The van der Waals surface area contributed by atoms with Crippen molar-refractivity contribution in [2.75, 3.05) is 24.8 Å². The second-order valence-corrected chi connectivity index (χ2v) is 9.56. The van der Waals surface area contributed by atoms with Gasteiger partial charge in [-0.3, -0.25) is 9.59 Å². The van der Waals surface area contributed by atoms with Gasteiger partial charge in [-0.05, 0) is 43.4 Å². The number of anilines is 1. The normalized spacial score (nSPS) is 23.9. The van der Waals surface area contributed by atoms with Crippen LogP contribution in [0.5, 0.6) is 17.2 Å². The lowest BCUT2D eigenvalue weighted by atomic mass is 9.77. The van der Waals surface area contributed by atoms with Gasteiger partial charge in [0.05, 0.1) is 0 Å². The molecule has 4 aliphatic rings. The molecule has 33 heavy (non-hydrogen) atoms. The largest absolute Gasteiger partial charge is 0.491 e. The average Bonchev–Trinajstić information content (AvgIpc) is 3.51. The molecule has 0 radical (unpaired) electrons. The summed E-state index contributed by atoms with van der Waals surface area (Å²) in [6.07, 6.45) is 6.04. The van der Waals surface area contributed by atoms with Crippen LogP contribution in [0.3, 0.4) is 0 Å². The highest BCUT2D eigenvalue weighted by molar-refractivity contribution is 6.13. The zero-order valence-electron chi connectivity index (χ0n) is 18.8. The molecule has 2 amide bonds. The van der Waals surface area contributed by atoms with E-state index in [-0.39, 0.29) is 37.8 Å². The van der Waals surface area contributed by atoms with E-state index in [9.17, 15) is 9.59 Å². The van der Waals surface area contributed by atoms with Crippen LogP contribution in [0.1, 0.15) is 50.2 Å². The maximum absolute atomic E-state index is 14.0. The van der Waals surface area contributed by atoms with Crippen LogP contribution < -0.4 is 24.4 Å². The number of para-hydroxylation sites is 1. The number of carbonyl (C=O) groups is 2. The highest BCUT2D eigenvalue weighted by Gasteiger charge is 2.57. The average molecular weight is 449 g/mol. The quantitative estimate of drug-likeness (QED) is 0.775.